The number of piperidine rings is 1. The van der Waals surface area contributed by atoms with Gasteiger partial charge in [-0.25, -0.2) is 12.7 Å². The van der Waals surface area contributed by atoms with Gasteiger partial charge < -0.3 is 10.6 Å². The van der Waals surface area contributed by atoms with Gasteiger partial charge in [0.1, 0.15) is 0 Å². The van der Waals surface area contributed by atoms with Crippen LogP contribution in [0.2, 0.25) is 0 Å². The Morgan fingerprint density at radius 1 is 1.04 bits per heavy atom. The molecular formula is C19H35N3O4S. The third-order valence-corrected chi connectivity index (χ3v) is 7.55. The minimum absolute atomic E-state index is 0.000892. The minimum atomic E-state index is -3.19. The molecule has 2 aliphatic rings. The van der Waals surface area contributed by atoms with Gasteiger partial charge in [-0.15, -0.1) is 0 Å². The van der Waals surface area contributed by atoms with E-state index in [4.69, 9.17) is 0 Å². The van der Waals surface area contributed by atoms with Gasteiger partial charge in [-0.2, -0.15) is 0 Å². The third-order valence-electron chi connectivity index (χ3n) is 5.60. The number of hydrogen-bond donors (Lipinski definition) is 2. The smallest absolute Gasteiger partial charge is 0.223 e. The van der Waals surface area contributed by atoms with Gasteiger partial charge in [0, 0.05) is 38.0 Å². The molecule has 1 saturated heterocycles. The molecule has 0 radical (unpaired) electrons. The van der Waals surface area contributed by atoms with E-state index >= 15 is 0 Å². The maximum Gasteiger partial charge on any atom is 0.223 e. The standard InChI is InChI=1S/C19H35N3O4S/c1-2-3-15-27(25,26)22-13-10-16(11-14-22)19(24)20-12-9-18(23)21-17-7-5-4-6-8-17/h16-17H,2-15H2,1H3,(H,20,24)(H,21,23). The first kappa shape index (κ1) is 22.1. The highest BCUT2D eigenvalue weighted by atomic mass is 32.2. The zero-order valence-electron chi connectivity index (χ0n) is 16.5. The number of rotatable bonds is 9. The zero-order chi connectivity index (χ0) is 19.7. The first-order valence-electron chi connectivity index (χ1n) is 10.5. The summed E-state index contributed by atoms with van der Waals surface area (Å²) in [5, 5.41) is 5.89. The summed E-state index contributed by atoms with van der Waals surface area (Å²) in [5.74, 6) is -0.0367. The Morgan fingerprint density at radius 2 is 1.70 bits per heavy atom. The summed E-state index contributed by atoms with van der Waals surface area (Å²) in [6.45, 7) is 3.13. The summed E-state index contributed by atoms with van der Waals surface area (Å²) in [6.07, 6.45) is 8.63. The molecule has 27 heavy (non-hydrogen) atoms. The van der Waals surface area contributed by atoms with E-state index in [1.807, 2.05) is 6.92 Å². The summed E-state index contributed by atoms with van der Waals surface area (Å²) in [6, 6.07) is 0.293. The molecule has 1 heterocycles. The Labute approximate surface area is 163 Å². The monoisotopic (exact) mass is 401 g/mol. The molecule has 0 aromatic rings. The van der Waals surface area contributed by atoms with Crippen LogP contribution in [-0.4, -0.2) is 56.0 Å². The molecule has 0 unspecified atom stereocenters. The lowest BCUT2D eigenvalue weighted by atomic mass is 9.95. The van der Waals surface area contributed by atoms with Crippen molar-refractivity contribution in [1.29, 1.82) is 0 Å². The van der Waals surface area contributed by atoms with E-state index in [0.717, 1.165) is 19.3 Å². The van der Waals surface area contributed by atoms with E-state index in [1.54, 1.807) is 0 Å². The normalized spacial score (nSPS) is 20.3. The van der Waals surface area contributed by atoms with Gasteiger partial charge in [0.2, 0.25) is 21.8 Å². The largest absolute Gasteiger partial charge is 0.355 e. The zero-order valence-corrected chi connectivity index (χ0v) is 17.4. The lowest BCUT2D eigenvalue weighted by Gasteiger charge is -2.30. The summed E-state index contributed by atoms with van der Waals surface area (Å²) in [7, 11) is -3.19. The number of sulfonamides is 1. The van der Waals surface area contributed by atoms with Crippen LogP contribution in [0.25, 0.3) is 0 Å². The van der Waals surface area contributed by atoms with Crippen LogP contribution in [0, 0.1) is 5.92 Å². The van der Waals surface area contributed by atoms with E-state index in [1.165, 1.54) is 23.6 Å². The van der Waals surface area contributed by atoms with Crippen LogP contribution in [0.3, 0.4) is 0 Å². The number of carbonyl (C=O) groups excluding carboxylic acids is 2. The molecule has 8 heteroatoms. The molecule has 0 aromatic heterocycles. The fraction of sp³-hybridized carbons (Fsp3) is 0.895. The number of hydrogen-bond acceptors (Lipinski definition) is 4. The van der Waals surface area contributed by atoms with Gasteiger partial charge in [-0.3, -0.25) is 9.59 Å². The van der Waals surface area contributed by atoms with Gasteiger partial charge in [-0.1, -0.05) is 32.6 Å². The van der Waals surface area contributed by atoms with Crippen molar-refractivity contribution >= 4 is 21.8 Å². The van der Waals surface area contributed by atoms with Crippen molar-refractivity contribution in [2.45, 2.75) is 77.2 Å². The van der Waals surface area contributed by atoms with Gasteiger partial charge in [0.05, 0.1) is 5.75 Å². The average molecular weight is 402 g/mol. The summed E-state index contributed by atoms with van der Waals surface area (Å²) in [4.78, 5) is 24.3. The van der Waals surface area contributed by atoms with Crippen LogP contribution < -0.4 is 10.6 Å². The van der Waals surface area contributed by atoms with Gasteiger partial charge in [0.25, 0.3) is 0 Å². The van der Waals surface area contributed by atoms with Crippen LogP contribution in [0.4, 0.5) is 0 Å². The quantitative estimate of drug-likeness (QED) is 0.616. The third kappa shape index (κ3) is 7.41. The van der Waals surface area contributed by atoms with E-state index in [2.05, 4.69) is 10.6 Å². The Morgan fingerprint density at radius 3 is 2.33 bits per heavy atom. The lowest BCUT2D eigenvalue weighted by molar-refractivity contribution is -0.126. The molecule has 1 saturated carbocycles. The second-order valence-corrected chi connectivity index (χ2v) is 9.87. The minimum Gasteiger partial charge on any atom is -0.355 e. The van der Waals surface area contributed by atoms with Gasteiger partial charge in [-0.05, 0) is 32.1 Å². The number of carbonyl (C=O) groups is 2. The van der Waals surface area contributed by atoms with Gasteiger partial charge in [0.15, 0.2) is 0 Å². The van der Waals surface area contributed by atoms with Crippen LogP contribution >= 0.6 is 0 Å². The van der Waals surface area contributed by atoms with Crippen molar-refractivity contribution in [2.24, 2.45) is 5.92 Å². The Bertz CT molecular complexity index is 580. The Hall–Kier alpha value is -1.15. The molecule has 2 rings (SSSR count). The Balaban J connectivity index is 1.63. The maximum atomic E-state index is 12.3. The first-order chi connectivity index (χ1) is 12.9. The molecule has 0 bridgehead atoms. The molecule has 2 N–H and O–H groups in total. The van der Waals surface area contributed by atoms with Crippen LogP contribution in [-0.2, 0) is 19.6 Å². The van der Waals surface area contributed by atoms with Crippen molar-refractivity contribution in [3.8, 4) is 0 Å². The van der Waals surface area contributed by atoms with E-state index in [9.17, 15) is 18.0 Å². The predicted molar refractivity (Wildman–Crippen MR) is 106 cm³/mol. The van der Waals surface area contributed by atoms with Crippen LogP contribution in [0.5, 0.6) is 0 Å². The number of nitrogens with one attached hydrogen (secondary N) is 2. The highest BCUT2D eigenvalue weighted by Gasteiger charge is 2.30. The molecule has 7 nitrogen and oxygen atoms in total. The van der Waals surface area contributed by atoms with Gasteiger partial charge >= 0.3 is 0 Å². The predicted octanol–water partition coefficient (Wildman–Crippen LogP) is 1.78. The molecular weight excluding hydrogens is 366 g/mol. The van der Waals surface area contributed by atoms with Crippen molar-refractivity contribution in [3.05, 3.63) is 0 Å². The number of nitrogens with zero attached hydrogens (tertiary/aromatic N) is 1. The summed E-state index contributed by atoms with van der Waals surface area (Å²) < 4.78 is 25.9. The second kappa shape index (κ2) is 11.0. The lowest BCUT2D eigenvalue weighted by Crippen LogP contribution is -2.44. The maximum absolute atomic E-state index is 12.3. The van der Waals surface area contributed by atoms with Crippen LogP contribution in [0.15, 0.2) is 0 Å². The van der Waals surface area contributed by atoms with E-state index in [-0.39, 0.29) is 23.5 Å². The molecule has 156 valence electrons. The molecule has 1 aliphatic carbocycles. The van der Waals surface area contributed by atoms with E-state index in [0.29, 0.717) is 51.4 Å². The van der Waals surface area contributed by atoms with Crippen molar-refractivity contribution in [2.75, 3.05) is 25.4 Å². The molecule has 2 fully saturated rings. The average Bonchev–Trinajstić information content (AvgIpc) is 2.67. The van der Waals surface area contributed by atoms with Crippen molar-refractivity contribution < 1.29 is 18.0 Å². The fourth-order valence-corrected chi connectivity index (χ4v) is 5.52. The number of amides is 2. The first-order valence-corrected chi connectivity index (χ1v) is 12.1. The summed E-state index contributed by atoms with van der Waals surface area (Å²) >= 11 is 0. The molecule has 0 atom stereocenters. The van der Waals surface area contributed by atoms with Crippen molar-refractivity contribution in [1.82, 2.24) is 14.9 Å². The fourth-order valence-electron chi connectivity index (χ4n) is 3.84. The highest BCUT2D eigenvalue weighted by Crippen LogP contribution is 2.21. The van der Waals surface area contributed by atoms with Crippen LogP contribution in [0.1, 0.15) is 71.1 Å². The van der Waals surface area contributed by atoms with E-state index < -0.39 is 10.0 Å². The number of unbranched alkanes of at least 4 members (excludes halogenated alkanes) is 1. The Kier molecular flexibility index (Phi) is 9.02. The molecule has 2 amide bonds. The van der Waals surface area contributed by atoms with Crippen molar-refractivity contribution in [3.63, 3.8) is 0 Å². The molecule has 0 aromatic carbocycles. The molecule has 0 spiro atoms. The topological polar surface area (TPSA) is 95.6 Å². The highest BCUT2D eigenvalue weighted by molar-refractivity contribution is 7.89. The summed E-state index contributed by atoms with van der Waals surface area (Å²) in [5.41, 5.74) is 0. The second-order valence-electron chi connectivity index (χ2n) is 7.79. The molecule has 1 aliphatic heterocycles. The SMILES string of the molecule is CCCCS(=O)(=O)N1CCC(C(=O)NCCC(=O)NC2CCCCC2)CC1.